The van der Waals surface area contributed by atoms with Crippen LogP contribution in [-0.4, -0.2) is 42.7 Å². The summed E-state index contributed by atoms with van der Waals surface area (Å²) in [5, 5.41) is 11.5. The lowest BCUT2D eigenvalue weighted by Gasteiger charge is -2.41. The molecule has 0 unspecified atom stereocenters. The van der Waals surface area contributed by atoms with Crippen molar-refractivity contribution in [3.8, 4) is 0 Å². The van der Waals surface area contributed by atoms with Crippen LogP contribution in [0.25, 0.3) is 0 Å². The van der Waals surface area contributed by atoms with E-state index in [-0.39, 0.29) is 12.5 Å². The molecule has 0 radical (unpaired) electrons. The highest BCUT2D eigenvalue weighted by Gasteiger charge is 2.41. The molecule has 0 aliphatic heterocycles. The van der Waals surface area contributed by atoms with E-state index in [4.69, 9.17) is 5.11 Å². The van der Waals surface area contributed by atoms with Crippen LogP contribution in [0.1, 0.15) is 58.3 Å². The van der Waals surface area contributed by atoms with Crippen LogP contribution in [0, 0.1) is 5.92 Å². The van der Waals surface area contributed by atoms with Gasteiger partial charge in [-0.2, -0.15) is 0 Å². The highest BCUT2D eigenvalue weighted by molar-refractivity contribution is 7.90. The molecular formula is C15H26N2O5S. The first-order valence-electron chi connectivity index (χ1n) is 8.22. The number of nitrogens with one attached hydrogen (secondary N) is 2. The van der Waals surface area contributed by atoms with Crippen molar-refractivity contribution in [2.24, 2.45) is 5.92 Å². The van der Waals surface area contributed by atoms with Crippen LogP contribution < -0.4 is 10.0 Å². The predicted molar refractivity (Wildman–Crippen MR) is 85.3 cm³/mol. The number of carboxylic acid groups (broad SMARTS) is 1. The van der Waals surface area contributed by atoms with Gasteiger partial charge in [0.15, 0.2) is 0 Å². The molecule has 0 aromatic rings. The zero-order chi connectivity index (χ0) is 17.1. The van der Waals surface area contributed by atoms with Crippen LogP contribution >= 0.6 is 0 Å². The topological polar surface area (TPSA) is 113 Å². The third kappa shape index (κ3) is 5.46. The fraction of sp³-hybridized carbons (Fsp3) is 0.867. The molecule has 0 aromatic carbocycles. The lowest BCUT2D eigenvalue weighted by molar-refractivity contribution is -0.140. The third-order valence-electron chi connectivity index (χ3n) is 4.89. The summed E-state index contributed by atoms with van der Waals surface area (Å²) < 4.78 is 26.8. The maximum atomic E-state index is 12.1. The molecule has 7 nitrogen and oxygen atoms in total. The van der Waals surface area contributed by atoms with Crippen molar-refractivity contribution in [3.05, 3.63) is 0 Å². The van der Waals surface area contributed by atoms with E-state index in [2.05, 4.69) is 17.0 Å². The van der Waals surface area contributed by atoms with Crippen molar-refractivity contribution < 1.29 is 23.1 Å². The first-order chi connectivity index (χ1) is 10.7. The van der Waals surface area contributed by atoms with Crippen molar-refractivity contribution in [3.63, 3.8) is 0 Å². The first-order valence-corrected chi connectivity index (χ1v) is 9.88. The van der Waals surface area contributed by atoms with Gasteiger partial charge in [0.2, 0.25) is 15.9 Å². The van der Waals surface area contributed by atoms with E-state index < -0.39 is 33.2 Å². The zero-order valence-corrected chi connectivity index (χ0v) is 14.3. The number of carbonyl (C=O) groups is 2. The SMILES string of the molecule is CC1CCC(NS(=O)(=O)CC(=O)NC2(CC(=O)O)CCC2)CC1. The Labute approximate surface area is 137 Å². The number of rotatable bonds is 7. The van der Waals surface area contributed by atoms with Gasteiger partial charge in [0.05, 0.1) is 12.0 Å². The van der Waals surface area contributed by atoms with Crippen LogP contribution in [0.5, 0.6) is 0 Å². The van der Waals surface area contributed by atoms with E-state index in [1.807, 2.05) is 0 Å². The van der Waals surface area contributed by atoms with Crippen LogP contribution in [0.4, 0.5) is 0 Å². The number of carbonyl (C=O) groups excluding carboxylic acids is 1. The molecule has 2 aliphatic carbocycles. The van der Waals surface area contributed by atoms with E-state index in [1.165, 1.54) is 0 Å². The van der Waals surface area contributed by atoms with Gasteiger partial charge in [-0.3, -0.25) is 9.59 Å². The summed E-state index contributed by atoms with van der Waals surface area (Å²) >= 11 is 0. The Morgan fingerprint density at radius 2 is 1.78 bits per heavy atom. The van der Waals surface area contributed by atoms with Gasteiger partial charge < -0.3 is 10.4 Å². The van der Waals surface area contributed by atoms with Crippen molar-refractivity contribution >= 4 is 21.9 Å². The van der Waals surface area contributed by atoms with Gasteiger partial charge in [-0.05, 0) is 50.9 Å². The standard InChI is InChI=1S/C15H26N2O5S/c1-11-3-5-12(6-4-11)17-23(21,22)10-13(18)16-15(7-2-8-15)9-14(19)20/h11-12,17H,2-10H2,1H3,(H,16,18)(H,19,20). The van der Waals surface area contributed by atoms with Gasteiger partial charge in [-0.25, -0.2) is 13.1 Å². The van der Waals surface area contributed by atoms with Gasteiger partial charge in [-0.15, -0.1) is 0 Å². The van der Waals surface area contributed by atoms with E-state index >= 15 is 0 Å². The minimum atomic E-state index is -3.69. The Kier molecular flexibility index (Phi) is 5.67. The maximum Gasteiger partial charge on any atom is 0.305 e. The fourth-order valence-corrected chi connectivity index (χ4v) is 4.66. The van der Waals surface area contributed by atoms with Crippen molar-refractivity contribution in [1.82, 2.24) is 10.0 Å². The molecule has 2 rings (SSSR count). The molecule has 2 fully saturated rings. The number of hydrogen-bond acceptors (Lipinski definition) is 4. The van der Waals surface area contributed by atoms with Crippen LogP contribution in [0.15, 0.2) is 0 Å². The lowest BCUT2D eigenvalue weighted by Crippen LogP contribution is -2.56. The number of amides is 1. The molecule has 8 heteroatoms. The van der Waals surface area contributed by atoms with Crippen LogP contribution in [0.2, 0.25) is 0 Å². The molecule has 0 saturated heterocycles. The zero-order valence-electron chi connectivity index (χ0n) is 13.5. The third-order valence-corrected chi connectivity index (χ3v) is 6.22. The highest BCUT2D eigenvalue weighted by atomic mass is 32.2. The van der Waals surface area contributed by atoms with Gasteiger partial charge in [0.1, 0.15) is 5.75 Å². The summed E-state index contributed by atoms with van der Waals surface area (Å²) in [6, 6.07) is -0.0966. The molecule has 2 aliphatic rings. The Bertz CT molecular complexity index is 548. The molecule has 0 spiro atoms. The van der Waals surface area contributed by atoms with Crippen molar-refractivity contribution in [1.29, 1.82) is 0 Å². The fourth-order valence-electron chi connectivity index (χ4n) is 3.42. The Morgan fingerprint density at radius 3 is 2.26 bits per heavy atom. The monoisotopic (exact) mass is 346 g/mol. The van der Waals surface area contributed by atoms with Gasteiger partial charge in [-0.1, -0.05) is 6.92 Å². The summed E-state index contributed by atoms with van der Waals surface area (Å²) in [6.45, 7) is 2.15. The average molecular weight is 346 g/mol. The Morgan fingerprint density at radius 1 is 1.17 bits per heavy atom. The number of sulfonamides is 1. The van der Waals surface area contributed by atoms with E-state index in [0.717, 1.165) is 32.1 Å². The van der Waals surface area contributed by atoms with Crippen LogP contribution in [0.3, 0.4) is 0 Å². The Hall–Kier alpha value is -1.15. The number of aliphatic carboxylic acids is 1. The Balaban J connectivity index is 1.84. The number of hydrogen-bond donors (Lipinski definition) is 3. The van der Waals surface area contributed by atoms with Gasteiger partial charge in [0, 0.05) is 6.04 Å². The summed E-state index contributed by atoms with van der Waals surface area (Å²) in [5.41, 5.74) is -0.765. The largest absolute Gasteiger partial charge is 0.481 e. The molecule has 3 N–H and O–H groups in total. The normalized spacial score (nSPS) is 27.0. The van der Waals surface area contributed by atoms with E-state index in [0.29, 0.717) is 18.8 Å². The van der Waals surface area contributed by atoms with E-state index in [9.17, 15) is 18.0 Å². The predicted octanol–water partition coefficient (Wildman–Crippen LogP) is 0.998. The first kappa shape index (κ1) is 18.2. The molecular weight excluding hydrogens is 320 g/mol. The minimum Gasteiger partial charge on any atom is -0.481 e. The smallest absolute Gasteiger partial charge is 0.305 e. The molecule has 23 heavy (non-hydrogen) atoms. The summed E-state index contributed by atoms with van der Waals surface area (Å²) in [6.07, 6.45) is 5.42. The molecule has 132 valence electrons. The lowest BCUT2D eigenvalue weighted by atomic mass is 9.74. The van der Waals surface area contributed by atoms with Gasteiger partial charge in [0.25, 0.3) is 0 Å². The molecule has 0 aromatic heterocycles. The second-order valence-electron chi connectivity index (χ2n) is 7.09. The summed E-state index contributed by atoms with van der Waals surface area (Å²) in [5.74, 6) is -1.63. The highest BCUT2D eigenvalue weighted by Crippen LogP contribution is 2.34. The molecule has 0 bridgehead atoms. The number of carboxylic acids is 1. The molecule has 1 amide bonds. The maximum absolute atomic E-state index is 12.1. The molecule has 2 saturated carbocycles. The molecule has 0 heterocycles. The van der Waals surface area contributed by atoms with E-state index in [1.54, 1.807) is 0 Å². The van der Waals surface area contributed by atoms with Crippen molar-refractivity contribution in [2.45, 2.75) is 69.9 Å². The summed E-state index contributed by atoms with van der Waals surface area (Å²) in [7, 11) is -3.69. The van der Waals surface area contributed by atoms with Crippen LogP contribution in [-0.2, 0) is 19.6 Å². The van der Waals surface area contributed by atoms with Crippen molar-refractivity contribution in [2.75, 3.05) is 5.75 Å². The summed E-state index contributed by atoms with van der Waals surface area (Å²) in [4.78, 5) is 22.9. The molecule has 0 atom stereocenters. The second-order valence-corrected chi connectivity index (χ2v) is 8.84. The minimum absolute atomic E-state index is 0.0966. The average Bonchev–Trinajstić information content (AvgIpc) is 2.37. The quantitative estimate of drug-likeness (QED) is 0.636. The van der Waals surface area contributed by atoms with Gasteiger partial charge >= 0.3 is 5.97 Å². The second kappa shape index (κ2) is 7.17.